The lowest BCUT2D eigenvalue weighted by Crippen LogP contribution is -2.30. The van der Waals surface area contributed by atoms with Gasteiger partial charge in [0.2, 0.25) is 11.8 Å². The smallest absolute Gasteiger partial charge is 0.228 e. The Kier molecular flexibility index (Phi) is 4.90. The molecule has 21 heavy (non-hydrogen) atoms. The van der Waals surface area contributed by atoms with Crippen LogP contribution in [0, 0.1) is 11.7 Å². The first kappa shape index (κ1) is 15.4. The lowest BCUT2D eigenvalue weighted by molar-refractivity contribution is -0.119. The summed E-state index contributed by atoms with van der Waals surface area (Å²) in [7, 11) is 0. The molecule has 1 atom stereocenters. The first-order valence-corrected chi connectivity index (χ1v) is 7.15. The Morgan fingerprint density at radius 1 is 1.43 bits per heavy atom. The van der Waals surface area contributed by atoms with Gasteiger partial charge in [-0.3, -0.25) is 9.59 Å². The van der Waals surface area contributed by atoms with Crippen LogP contribution < -0.4 is 16.0 Å². The second kappa shape index (κ2) is 6.67. The van der Waals surface area contributed by atoms with E-state index in [2.05, 4.69) is 16.0 Å². The molecule has 2 amide bonds. The summed E-state index contributed by atoms with van der Waals surface area (Å²) in [6.45, 7) is 5.04. The maximum absolute atomic E-state index is 14.0. The molecule has 0 saturated carbocycles. The number of fused-ring (bicyclic) bond motifs is 1. The van der Waals surface area contributed by atoms with Gasteiger partial charge >= 0.3 is 0 Å². The molecule has 1 aromatic carbocycles. The average molecular weight is 293 g/mol. The molecule has 1 aromatic rings. The van der Waals surface area contributed by atoms with E-state index in [1.807, 2.05) is 6.92 Å². The zero-order chi connectivity index (χ0) is 15.4. The molecule has 5 nitrogen and oxygen atoms in total. The Morgan fingerprint density at radius 3 is 2.90 bits per heavy atom. The molecule has 1 aliphatic rings. The third-order valence-electron chi connectivity index (χ3n) is 3.49. The number of rotatable bonds is 5. The largest absolute Gasteiger partial charge is 0.326 e. The molecule has 0 radical (unpaired) electrons. The van der Waals surface area contributed by atoms with Gasteiger partial charge in [0.05, 0.1) is 5.69 Å². The number of benzene rings is 1. The van der Waals surface area contributed by atoms with E-state index < -0.39 is 5.82 Å². The van der Waals surface area contributed by atoms with Crippen LogP contribution in [-0.2, 0) is 16.0 Å². The van der Waals surface area contributed by atoms with Gasteiger partial charge in [0.1, 0.15) is 5.82 Å². The molecule has 1 aliphatic heterocycles. The van der Waals surface area contributed by atoms with E-state index in [1.165, 1.54) is 12.1 Å². The van der Waals surface area contributed by atoms with Gasteiger partial charge in [0.15, 0.2) is 0 Å². The highest BCUT2D eigenvalue weighted by atomic mass is 19.1. The van der Waals surface area contributed by atoms with E-state index in [9.17, 15) is 14.0 Å². The van der Waals surface area contributed by atoms with Crippen LogP contribution >= 0.6 is 0 Å². The van der Waals surface area contributed by atoms with E-state index >= 15 is 0 Å². The van der Waals surface area contributed by atoms with Crippen molar-refractivity contribution in [2.24, 2.45) is 5.92 Å². The molecule has 1 heterocycles. The van der Waals surface area contributed by atoms with Gasteiger partial charge in [-0.2, -0.15) is 0 Å². The number of amides is 2. The van der Waals surface area contributed by atoms with Crippen LogP contribution in [0.2, 0.25) is 0 Å². The van der Waals surface area contributed by atoms with Crippen molar-refractivity contribution in [2.75, 3.05) is 23.7 Å². The first-order valence-electron chi connectivity index (χ1n) is 7.15. The van der Waals surface area contributed by atoms with Crippen LogP contribution in [0.25, 0.3) is 0 Å². The highest BCUT2D eigenvalue weighted by Crippen LogP contribution is 2.28. The highest BCUT2D eigenvalue weighted by molar-refractivity contribution is 5.97. The number of aryl methyl sites for hydroxylation is 1. The summed E-state index contributed by atoms with van der Waals surface area (Å²) in [5, 5.41) is 8.35. The number of hydrogen-bond acceptors (Lipinski definition) is 3. The molecule has 0 aromatic heterocycles. The summed E-state index contributed by atoms with van der Waals surface area (Å²) < 4.78 is 14.0. The molecular formula is C15H20FN3O2. The third-order valence-corrected chi connectivity index (χ3v) is 3.49. The van der Waals surface area contributed by atoms with E-state index in [0.717, 1.165) is 12.1 Å². The average Bonchev–Trinajstić information content (AvgIpc) is 2.45. The summed E-state index contributed by atoms with van der Waals surface area (Å²) in [6, 6.07) is 2.86. The molecule has 0 aliphatic carbocycles. The van der Waals surface area contributed by atoms with Crippen LogP contribution in [0.15, 0.2) is 12.1 Å². The topological polar surface area (TPSA) is 70.2 Å². The molecule has 1 unspecified atom stereocenters. The van der Waals surface area contributed by atoms with Crippen LogP contribution in [0.3, 0.4) is 0 Å². The molecule has 6 heteroatoms. The molecule has 0 spiro atoms. The molecular weight excluding hydrogens is 273 g/mol. The van der Waals surface area contributed by atoms with E-state index in [1.54, 1.807) is 6.92 Å². The predicted octanol–water partition coefficient (Wildman–Crippen LogP) is 1.89. The summed E-state index contributed by atoms with van der Waals surface area (Å²) >= 11 is 0. The molecule has 0 saturated heterocycles. The van der Waals surface area contributed by atoms with E-state index in [-0.39, 0.29) is 23.4 Å². The Hall–Kier alpha value is -1.95. The van der Waals surface area contributed by atoms with Crippen molar-refractivity contribution in [3.63, 3.8) is 0 Å². The maximum atomic E-state index is 14.0. The fourth-order valence-corrected chi connectivity index (χ4v) is 2.20. The van der Waals surface area contributed by atoms with Gasteiger partial charge in [-0.1, -0.05) is 13.8 Å². The Labute approximate surface area is 123 Å². The Morgan fingerprint density at radius 2 is 2.19 bits per heavy atom. The van der Waals surface area contributed by atoms with Crippen LogP contribution in [0.1, 0.15) is 25.8 Å². The molecule has 0 fully saturated rings. The van der Waals surface area contributed by atoms with E-state index in [0.29, 0.717) is 25.1 Å². The van der Waals surface area contributed by atoms with Gasteiger partial charge in [-0.15, -0.1) is 0 Å². The second-order valence-electron chi connectivity index (χ2n) is 5.24. The van der Waals surface area contributed by atoms with Crippen LogP contribution in [-0.4, -0.2) is 24.9 Å². The number of hydrogen-bond donors (Lipinski definition) is 3. The SMILES string of the molecule is CCNCC(C)C(=O)Nc1cc2c(cc1F)CCC(=O)N2. The van der Waals surface area contributed by atoms with Gasteiger partial charge in [0, 0.05) is 24.6 Å². The standard InChI is InChI=1S/C15H20FN3O2/c1-3-17-8-9(2)15(21)19-13-7-12-10(6-11(13)16)4-5-14(20)18-12/h6-7,9,17H,3-5,8H2,1-2H3,(H,18,20)(H,19,21). The van der Waals surface area contributed by atoms with Crippen molar-refractivity contribution in [1.29, 1.82) is 0 Å². The van der Waals surface area contributed by atoms with Crippen molar-refractivity contribution in [3.05, 3.63) is 23.5 Å². The lowest BCUT2D eigenvalue weighted by atomic mass is 10.0. The third kappa shape index (κ3) is 3.78. The first-order chi connectivity index (χ1) is 10.0. The summed E-state index contributed by atoms with van der Waals surface area (Å²) in [6.07, 6.45) is 0.876. The zero-order valence-corrected chi connectivity index (χ0v) is 12.3. The highest BCUT2D eigenvalue weighted by Gasteiger charge is 2.20. The maximum Gasteiger partial charge on any atom is 0.228 e. The lowest BCUT2D eigenvalue weighted by Gasteiger charge is -2.19. The molecule has 0 bridgehead atoms. The second-order valence-corrected chi connectivity index (χ2v) is 5.24. The molecule has 3 N–H and O–H groups in total. The van der Waals surface area contributed by atoms with Gasteiger partial charge in [-0.25, -0.2) is 4.39 Å². The van der Waals surface area contributed by atoms with Gasteiger partial charge in [-0.05, 0) is 30.7 Å². The number of carbonyl (C=O) groups is 2. The zero-order valence-electron chi connectivity index (χ0n) is 12.3. The normalized spacial score (nSPS) is 15.1. The summed E-state index contributed by atoms with van der Waals surface area (Å²) in [5.41, 5.74) is 1.43. The van der Waals surface area contributed by atoms with Crippen LogP contribution in [0.5, 0.6) is 0 Å². The fraction of sp³-hybridized carbons (Fsp3) is 0.467. The number of anilines is 2. The van der Waals surface area contributed by atoms with Gasteiger partial charge in [0.25, 0.3) is 0 Å². The minimum atomic E-state index is -0.478. The Bertz CT molecular complexity index is 560. The van der Waals surface area contributed by atoms with Crippen molar-refractivity contribution in [3.8, 4) is 0 Å². The fourth-order valence-electron chi connectivity index (χ4n) is 2.20. The number of carbonyl (C=O) groups excluding carboxylic acids is 2. The quantitative estimate of drug-likeness (QED) is 0.776. The molecule has 2 rings (SSSR count). The number of nitrogens with one attached hydrogen (secondary N) is 3. The van der Waals surface area contributed by atoms with Crippen molar-refractivity contribution < 1.29 is 14.0 Å². The summed E-state index contributed by atoms with van der Waals surface area (Å²) in [4.78, 5) is 23.4. The van der Waals surface area contributed by atoms with Crippen molar-refractivity contribution >= 4 is 23.2 Å². The summed E-state index contributed by atoms with van der Waals surface area (Å²) in [5.74, 6) is -1.09. The molecule has 114 valence electrons. The van der Waals surface area contributed by atoms with Gasteiger partial charge < -0.3 is 16.0 Å². The number of halogens is 1. The Balaban J connectivity index is 2.11. The van der Waals surface area contributed by atoms with Crippen molar-refractivity contribution in [2.45, 2.75) is 26.7 Å². The monoisotopic (exact) mass is 293 g/mol. The predicted molar refractivity (Wildman–Crippen MR) is 79.7 cm³/mol. The minimum absolute atomic E-state index is 0.0908. The van der Waals surface area contributed by atoms with Crippen molar-refractivity contribution in [1.82, 2.24) is 5.32 Å². The van der Waals surface area contributed by atoms with Crippen LogP contribution in [0.4, 0.5) is 15.8 Å². The minimum Gasteiger partial charge on any atom is -0.326 e. The van der Waals surface area contributed by atoms with E-state index in [4.69, 9.17) is 0 Å².